The number of para-hydroxylation sites is 1. The van der Waals surface area contributed by atoms with Crippen LogP contribution in [0, 0.1) is 0 Å². The van der Waals surface area contributed by atoms with Gasteiger partial charge in [0.25, 0.3) is 0 Å². The molecule has 1 aliphatic rings. The predicted molar refractivity (Wildman–Crippen MR) is 89.7 cm³/mol. The van der Waals surface area contributed by atoms with Crippen molar-refractivity contribution in [2.45, 2.75) is 4.90 Å². The molecule has 20 heavy (non-hydrogen) atoms. The van der Waals surface area contributed by atoms with Crippen molar-refractivity contribution in [3.05, 3.63) is 45.3 Å². The molecule has 0 saturated carbocycles. The maximum atomic E-state index is 9.96. The van der Waals surface area contributed by atoms with Crippen LogP contribution in [-0.2, 0) is 0 Å². The summed E-state index contributed by atoms with van der Waals surface area (Å²) in [5, 5.41) is 13.1. The summed E-state index contributed by atoms with van der Waals surface area (Å²) in [6.07, 6.45) is 0. The van der Waals surface area contributed by atoms with E-state index >= 15 is 0 Å². The number of phenolic OH excluding ortho intramolecular Hbond substituents is 1. The van der Waals surface area contributed by atoms with Crippen molar-refractivity contribution in [3.63, 3.8) is 0 Å². The Hall–Kier alpha value is -1.18. The number of hydrogen-bond acceptors (Lipinski definition) is 5. The maximum Gasteiger partial charge on any atom is 0.211 e. The standard InChI is InChI=1S/C13H9Br2N3OS/c14-7-5-10(19)12-11(6-7)20-18-13(17-12)16-9-4-2-1-3-8(9)15/h1-6,19H,(H2,16,17,18). The minimum Gasteiger partial charge on any atom is -0.506 e. The zero-order chi connectivity index (χ0) is 14.1. The number of nitrogens with one attached hydrogen (secondary N) is 2. The van der Waals surface area contributed by atoms with Crippen LogP contribution < -0.4 is 10.0 Å². The topological polar surface area (TPSA) is 56.7 Å². The van der Waals surface area contributed by atoms with Gasteiger partial charge in [-0.25, -0.2) is 4.99 Å². The first-order valence-corrected chi connectivity index (χ1v) is 8.09. The largest absolute Gasteiger partial charge is 0.506 e. The third kappa shape index (κ3) is 2.79. The fraction of sp³-hybridized carbons (Fsp3) is 0. The lowest BCUT2D eigenvalue weighted by Gasteiger charge is -2.19. The lowest BCUT2D eigenvalue weighted by Crippen LogP contribution is -2.27. The number of nitrogens with zero attached hydrogens (tertiary/aromatic N) is 1. The van der Waals surface area contributed by atoms with Crippen molar-refractivity contribution in [2.75, 3.05) is 5.32 Å². The summed E-state index contributed by atoms with van der Waals surface area (Å²) in [5.74, 6) is 0.724. The van der Waals surface area contributed by atoms with Gasteiger partial charge in [-0.3, -0.25) is 4.72 Å². The molecule has 1 aliphatic heterocycles. The van der Waals surface area contributed by atoms with E-state index in [9.17, 15) is 5.11 Å². The van der Waals surface area contributed by atoms with E-state index in [1.165, 1.54) is 11.9 Å². The zero-order valence-electron chi connectivity index (χ0n) is 10.0. The number of rotatable bonds is 1. The molecule has 0 saturated heterocycles. The van der Waals surface area contributed by atoms with E-state index in [4.69, 9.17) is 0 Å². The Bertz CT molecular complexity index is 706. The molecular formula is C13H9Br2N3OS. The predicted octanol–water partition coefficient (Wildman–Crippen LogP) is 4.63. The average Bonchev–Trinajstić information content (AvgIpc) is 2.42. The number of anilines is 1. The van der Waals surface area contributed by atoms with Gasteiger partial charge in [0.05, 0.1) is 10.6 Å². The SMILES string of the molecule is Oc1cc(Br)cc2c1N=C(Nc1ccccc1Br)NS2. The molecule has 0 aliphatic carbocycles. The molecule has 2 aromatic carbocycles. The van der Waals surface area contributed by atoms with Crippen molar-refractivity contribution in [3.8, 4) is 5.75 Å². The maximum absolute atomic E-state index is 9.96. The Balaban J connectivity index is 1.93. The van der Waals surface area contributed by atoms with Gasteiger partial charge in [-0.15, -0.1) is 0 Å². The Morgan fingerprint density at radius 1 is 1.20 bits per heavy atom. The molecule has 0 amide bonds. The Labute approximate surface area is 137 Å². The first kappa shape index (κ1) is 13.8. The van der Waals surface area contributed by atoms with Gasteiger partial charge in [-0.2, -0.15) is 0 Å². The van der Waals surface area contributed by atoms with Gasteiger partial charge in [0, 0.05) is 8.95 Å². The molecule has 0 aromatic heterocycles. The fourth-order valence-corrected chi connectivity index (χ4v) is 3.45. The molecule has 102 valence electrons. The van der Waals surface area contributed by atoms with Crippen molar-refractivity contribution in [2.24, 2.45) is 4.99 Å². The summed E-state index contributed by atoms with van der Waals surface area (Å²) in [4.78, 5) is 5.27. The van der Waals surface area contributed by atoms with Gasteiger partial charge in [-0.05, 0) is 52.1 Å². The first-order valence-electron chi connectivity index (χ1n) is 5.69. The Kier molecular flexibility index (Phi) is 3.91. The number of aromatic hydroxyl groups is 1. The summed E-state index contributed by atoms with van der Waals surface area (Å²) >= 11 is 8.22. The lowest BCUT2D eigenvalue weighted by molar-refractivity contribution is 0.475. The third-order valence-electron chi connectivity index (χ3n) is 2.63. The summed E-state index contributed by atoms with van der Waals surface area (Å²) < 4.78 is 4.87. The van der Waals surface area contributed by atoms with Gasteiger partial charge in [-0.1, -0.05) is 28.1 Å². The molecule has 0 atom stereocenters. The van der Waals surface area contributed by atoms with Crippen LogP contribution in [-0.4, -0.2) is 11.1 Å². The highest BCUT2D eigenvalue weighted by molar-refractivity contribution is 9.10. The van der Waals surface area contributed by atoms with Crippen LogP contribution in [0.25, 0.3) is 0 Å². The number of benzene rings is 2. The fourth-order valence-electron chi connectivity index (χ4n) is 1.73. The highest BCUT2D eigenvalue weighted by atomic mass is 79.9. The molecule has 1 heterocycles. The van der Waals surface area contributed by atoms with E-state index in [2.05, 4.69) is 46.9 Å². The van der Waals surface area contributed by atoms with E-state index in [0.717, 1.165) is 19.5 Å². The number of phenols is 1. The van der Waals surface area contributed by atoms with Crippen LogP contribution in [0.2, 0.25) is 0 Å². The molecule has 0 radical (unpaired) electrons. The minimum absolute atomic E-state index is 0.148. The molecule has 3 rings (SSSR count). The zero-order valence-corrected chi connectivity index (χ0v) is 14.0. The quantitative estimate of drug-likeness (QED) is 0.595. The Morgan fingerprint density at radius 3 is 2.80 bits per heavy atom. The molecule has 0 spiro atoms. The Morgan fingerprint density at radius 2 is 2.00 bits per heavy atom. The second-order valence-electron chi connectivity index (χ2n) is 4.04. The molecule has 0 fully saturated rings. The minimum atomic E-state index is 0.148. The summed E-state index contributed by atoms with van der Waals surface area (Å²) in [7, 11) is 0. The summed E-state index contributed by atoms with van der Waals surface area (Å²) in [6.45, 7) is 0. The number of aliphatic imine (C=N–C) groups is 1. The van der Waals surface area contributed by atoms with Crippen LogP contribution in [0.15, 0.2) is 55.2 Å². The summed E-state index contributed by atoms with van der Waals surface area (Å²) in [6, 6.07) is 11.3. The van der Waals surface area contributed by atoms with Crippen molar-refractivity contribution in [1.82, 2.24) is 4.72 Å². The lowest BCUT2D eigenvalue weighted by atomic mass is 10.3. The van der Waals surface area contributed by atoms with Crippen LogP contribution in [0.3, 0.4) is 0 Å². The van der Waals surface area contributed by atoms with Crippen LogP contribution >= 0.6 is 43.8 Å². The van der Waals surface area contributed by atoms with E-state index < -0.39 is 0 Å². The average molecular weight is 415 g/mol. The van der Waals surface area contributed by atoms with E-state index in [-0.39, 0.29) is 5.75 Å². The van der Waals surface area contributed by atoms with Crippen LogP contribution in [0.5, 0.6) is 5.75 Å². The van der Waals surface area contributed by atoms with Gasteiger partial charge in [0.15, 0.2) is 0 Å². The van der Waals surface area contributed by atoms with Gasteiger partial charge < -0.3 is 10.4 Å². The van der Waals surface area contributed by atoms with Gasteiger partial charge >= 0.3 is 0 Å². The van der Waals surface area contributed by atoms with Crippen molar-refractivity contribution >= 4 is 61.1 Å². The molecule has 0 unspecified atom stereocenters. The summed E-state index contributed by atoms with van der Waals surface area (Å²) in [5.41, 5.74) is 1.46. The second-order valence-corrected chi connectivity index (χ2v) is 6.66. The second kappa shape index (κ2) is 5.67. The first-order chi connectivity index (χ1) is 9.63. The van der Waals surface area contributed by atoms with E-state index in [0.29, 0.717) is 11.6 Å². The van der Waals surface area contributed by atoms with Crippen LogP contribution in [0.1, 0.15) is 0 Å². The smallest absolute Gasteiger partial charge is 0.211 e. The number of fused-ring (bicyclic) bond motifs is 1. The molecule has 3 N–H and O–H groups in total. The third-order valence-corrected chi connectivity index (χ3v) is 4.60. The molecule has 7 heteroatoms. The van der Waals surface area contributed by atoms with E-state index in [1.54, 1.807) is 6.07 Å². The number of halogens is 2. The van der Waals surface area contributed by atoms with Crippen molar-refractivity contribution < 1.29 is 5.11 Å². The molecule has 4 nitrogen and oxygen atoms in total. The number of guanidine groups is 1. The normalized spacial score (nSPS) is 13.2. The molecular weight excluding hydrogens is 406 g/mol. The highest BCUT2D eigenvalue weighted by Crippen LogP contribution is 2.41. The van der Waals surface area contributed by atoms with Crippen molar-refractivity contribution in [1.29, 1.82) is 0 Å². The molecule has 0 bridgehead atoms. The monoisotopic (exact) mass is 413 g/mol. The van der Waals surface area contributed by atoms with Gasteiger partial charge in [0.1, 0.15) is 11.4 Å². The number of hydrogen-bond donors (Lipinski definition) is 3. The molecule has 2 aromatic rings. The highest BCUT2D eigenvalue weighted by Gasteiger charge is 2.17. The van der Waals surface area contributed by atoms with Gasteiger partial charge in [0.2, 0.25) is 5.96 Å². The van der Waals surface area contributed by atoms with Crippen LogP contribution in [0.4, 0.5) is 11.4 Å². The van der Waals surface area contributed by atoms with E-state index in [1.807, 2.05) is 30.3 Å².